The fourth-order valence-electron chi connectivity index (χ4n) is 4.52. The minimum atomic E-state index is -0.981. The predicted molar refractivity (Wildman–Crippen MR) is 111 cm³/mol. The molecule has 2 fully saturated rings. The van der Waals surface area contributed by atoms with Crippen LogP contribution in [0.3, 0.4) is 0 Å². The Balaban J connectivity index is 1.74. The molecular formula is C21H29BrN2O5. The summed E-state index contributed by atoms with van der Waals surface area (Å²) in [6, 6.07) is 3.80. The number of carbonyl (C=O) groups excluding carboxylic acids is 1. The first kappa shape index (κ1) is 22.0. The Bertz CT molecular complexity index is 771. The van der Waals surface area contributed by atoms with E-state index in [0.29, 0.717) is 17.7 Å². The first-order valence-electron chi connectivity index (χ1n) is 9.99. The monoisotopic (exact) mass is 468 g/mol. The molecule has 1 amide bonds. The van der Waals surface area contributed by atoms with Gasteiger partial charge >= 0.3 is 12.1 Å². The van der Waals surface area contributed by atoms with Crippen LogP contribution in [0.25, 0.3) is 0 Å². The number of aliphatic carboxylic acids is 1. The summed E-state index contributed by atoms with van der Waals surface area (Å²) in [5, 5.41) is 9.18. The van der Waals surface area contributed by atoms with Gasteiger partial charge in [0.1, 0.15) is 16.8 Å². The minimum absolute atomic E-state index is 0.0201. The molecule has 1 aliphatic heterocycles. The van der Waals surface area contributed by atoms with Crippen molar-refractivity contribution in [2.24, 2.45) is 5.41 Å². The lowest BCUT2D eigenvalue weighted by atomic mass is 9.75. The second kappa shape index (κ2) is 8.22. The molecule has 1 aliphatic carbocycles. The van der Waals surface area contributed by atoms with Crippen molar-refractivity contribution in [1.29, 1.82) is 0 Å². The molecule has 29 heavy (non-hydrogen) atoms. The van der Waals surface area contributed by atoms with Crippen LogP contribution in [-0.4, -0.2) is 52.4 Å². The third-order valence-electron chi connectivity index (χ3n) is 5.92. The average Bonchev–Trinajstić information content (AvgIpc) is 2.99. The highest BCUT2D eigenvalue weighted by atomic mass is 79.9. The normalized spacial score (nSPS) is 23.9. The van der Waals surface area contributed by atoms with Gasteiger partial charge < -0.3 is 19.5 Å². The fourth-order valence-corrected chi connectivity index (χ4v) is 5.13. The van der Waals surface area contributed by atoms with E-state index in [-0.39, 0.29) is 18.1 Å². The van der Waals surface area contributed by atoms with E-state index in [1.54, 1.807) is 11.1 Å². The Labute approximate surface area is 179 Å². The average molecular weight is 469 g/mol. The van der Waals surface area contributed by atoms with Gasteiger partial charge in [0.25, 0.3) is 0 Å². The smallest absolute Gasteiger partial charge is 0.410 e. The van der Waals surface area contributed by atoms with Crippen molar-refractivity contribution >= 4 is 28.0 Å². The number of carboxylic acid groups (broad SMARTS) is 1. The Hall–Kier alpha value is -1.67. The lowest BCUT2D eigenvalue weighted by molar-refractivity contribution is -0.151. The Morgan fingerprint density at radius 2 is 1.93 bits per heavy atom. The molecule has 8 heteroatoms. The van der Waals surface area contributed by atoms with Gasteiger partial charge in [0.15, 0.2) is 0 Å². The Morgan fingerprint density at radius 3 is 2.52 bits per heavy atom. The summed E-state index contributed by atoms with van der Waals surface area (Å²) in [6.07, 6.45) is 5.51. The van der Waals surface area contributed by atoms with Crippen molar-refractivity contribution < 1.29 is 24.2 Å². The van der Waals surface area contributed by atoms with Gasteiger partial charge in [-0.1, -0.05) is 6.07 Å². The van der Waals surface area contributed by atoms with Crippen LogP contribution < -0.4 is 0 Å². The summed E-state index contributed by atoms with van der Waals surface area (Å²) >= 11 is 3.51. The Morgan fingerprint density at radius 1 is 1.24 bits per heavy atom. The van der Waals surface area contributed by atoms with Crippen molar-refractivity contribution in [2.45, 2.75) is 64.1 Å². The third kappa shape index (κ3) is 5.09. The van der Waals surface area contributed by atoms with Gasteiger partial charge in [-0.3, -0.25) is 0 Å². The molecule has 1 saturated carbocycles. The van der Waals surface area contributed by atoms with Crippen LogP contribution >= 0.6 is 15.9 Å². The van der Waals surface area contributed by atoms with Crippen LogP contribution in [0.2, 0.25) is 0 Å². The van der Waals surface area contributed by atoms with Crippen LogP contribution in [0.4, 0.5) is 4.79 Å². The highest BCUT2D eigenvalue weighted by Gasteiger charge is 2.52. The second-order valence-electron chi connectivity index (χ2n) is 9.16. The maximum Gasteiger partial charge on any atom is 0.410 e. The summed E-state index contributed by atoms with van der Waals surface area (Å²) < 4.78 is 12.2. The van der Waals surface area contributed by atoms with Gasteiger partial charge in [-0.15, -0.1) is 0 Å². The number of pyridine rings is 1. The predicted octanol–water partition coefficient (Wildman–Crippen LogP) is 4.34. The molecule has 1 N–H and O–H groups in total. The third-order valence-corrected chi connectivity index (χ3v) is 6.55. The topological polar surface area (TPSA) is 89.0 Å². The first-order chi connectivity index (χ1) is 13.5. The number of hydrogen-bond acceptors (Lipinski definition) is 5. The molecule has 1 aromatic rings. The number of carbonyl (C=O) groups is 2. The molecule has 1 aromatic heterocycles. The van der Waals surface area contributed by atoms with E-state index < -0.39 is 17.2 Å². The van der Waals surface area contributed by atoms with Crippen LogP contribution in [0.1, 0.15) is 58.4 Å². The van der Waals surface area contributed by atoms with Crippen LogP contribution in [0.15, 0.2) is 22.9 Å². The highest BCUT2D eigenvalue weighted by molar-refractivity contribution is 9.10. The largest absolute Gasteiger partial charge is 0.480 e. The van der Waals surface area contributed by atoms with E-state index >= 15 is 0 Å². The highest BCUT2D eigenvalue weighted by Crippen LogP contribution is 2.57. The summed E-state index contributed by atoms with van der Waals surface area (Å²) in [5.74, 6) is -0.981. The number of likely N-dealkylation sites (tertiary alicyclic amines) is 1. The van der Waals surface area contributed by atoms with Gasteiger partial charge in [-0.25, -0.2) is 14.6 Å². The van der Waals surface area contributed by atoms with Crippen LogP contribution in [0.5, 0.6) is 0 Å². The molecule has 1 unspecified atom stereocenters. The number of hydrogen-bond donors (Lipinski definition) is 1. The van der Waals surface area contributed by atoms with E-state index in [4.69, 9.17) is 9.47 Å². The molecular weight excluding hydrogens is 440 g/mol. The quantitative estimate of drug-likeness (QED) is 0.660. The van der Waals surface area contributed by atoms with E-state index in [2.05, 4.69) is 20.9 Å². The van der Waals surface area contributed by atoms with Crippen molar-refractivity contribution in [1.82, 2.24) is 9.88 Å². The summed E-state index contributed by atoms with van der Waals surface area (Å²) in [7, 11) is 0. The molecule has 160 valence electrons. The number of ether oxygens (including phenoxy) is 2. The molecule has 3 rings (SSSR count). The molecule has 1 spiro atoms. The molecule has 0 aromatic carbocycles. The maximum atomic E-state index is 12.4. The molecule has 0 radical (unpaired) electrons. The van der Waals surface area contributed by atoms with Crippen molar-refractivity contribution in [2.75, 3.05) is 19.7 Å². The number of nitrogens with zero attached hydrogens (tertiary/aromatic N) is 2. The zero-order valence-electron chi connectivity index (χ0n) is 17.2. The lowest BCUT2D eigenvalue weighted by Gasteiger charge is -2.41. The number of halogens is 1. The maximum absolute atomic E-state index is 12.4. The first-order valence-corrected chi connectivity index (χ1v) is 10.8. The van der Waals surface area contributed by atoms with Gasteiger partial charge in [0.2, 0.25) is 0 Å². The number of piperidine rings is 1. The molecule has 2 aliphatic rings. The van der Waals surface area contributed by atoms with E-state index in [0.717, 1.165) is 37.7 Å². The standard InChI is InChI=1S/C21H29BrN2O5/c1-19(2,3)29-18(27)24-11-8-20(9-12-24)6-7-21(14-20,28-13-16(25)26)15-5-4-10-23-17(15)22/h4-5,10H,6-9,11-14H2,1-3H3,(H,25,26). The van der Waals surface area contributed by atoms with Crippen LogP contribution in [0, 0.1) is 5.41 Å². The van der Waals surface area contributed by atoms with E-state index in [9.17, 15) is 14.7 Å². The SMILES string of the molecule is CC(C)(C)OC(=O)N1CCC2(CC1)CCC(OCC(=O)O)(c1cccnc1Br)C2. The number of rotatable bonds is 4. The molecule has 7 nitrogen and oxygen atoms in total. The lowest BCUT2D eigenvalue weighted by Crippen LogP contribution is -2.45. The molecule has 1 saturated heterocycles. The summed E-state index contributed by atoms with van der Waals surface area (Å²) in [6.45, 7) is 6.53. The number of carboxylic acids is 1. The van der Waals surface area contributed by atoms with E-state index in [1.165, 1.54) is 0 Å². The van der Waals surface area contributed by atoms with Gasteiger partial charge in [-0.2, -0.15) is 0 Å². The van der Waals surface area contributed by atoms with Gasteiger partial charge in [-0.05, 0) is 80.3 Å². The summed E-state index contributed by atoms with van der Waals surface area (Å²) in [5.41, 5.74) is -0.273. The van der Waals surface area contributed by atoms with Crippen molar-refractivity contribution in [3.63, 3.8) is 0 Å². The zero-order valence-corrected chi connectivity index (χ0v) is 18.8. The number of aromatic nitrogens is 1. The van der Waals surface area contributed by atoms with Gasteiger partial charge in [0.05, 0.1) is 5.60 Å². The van der Waals surface area contributed by atoms with Crippen molar-refractivity contribution in [3.05, 3.63) is 28.5 Å². The fraction of sp³-hybridized carbons (Fsp3) is 0.667. The second-order valence-corrected chi connectivity index (χ2v) is 9.91. The van der Waals surface area contributed by atoms with E-state index in [1.807, 2.05) is 32.9 Å². The molecule has 2 heterocycles. The molecule has 0 bridgehead atoms. The van der Waals surface area contributed by atoms with Gasteiger partial charge in [0, 0.05) is 24.8 Å². The van der Waals surface area contributed by atoms with Crippen molar-refractivity contribution in [3.8, 4) is 0 Å². The minimum Gasteiger partial charge on any atom is -0.480 e. The zero-order chi connectivity index (χ0) is 21.3. The number of amides is 1. The molecule has 1 atom stereocenters. The van der Waals surface area contributed by atoms with Crippen LogP contribution in [-0.2, 0) is 19.9 Å². The Kier molecular flexibility index (Phi) is 6.24. The summed E-state index contributed by atoms with van der Waals surface area (Å²) in [4.78, 5) is 29.7.